The Balaban J connectivity index is 1.19. The van der Waals surface area contributed by atoms with Gasteiger partial charge < -0.3 is 76.4 Å². The summed E-state index contributed by atoms with van der Waals surface area (Å²) in [6.45, 7) is 7.91. The molecule has 3 fully saturated rings. The number of likely N-dealkylation sites (N-methyl/N-ethyl adjacent to an activating group) is 2. The maximum absolute atomic E-state index is 13.6. The van der Waals surface area contributed by atoms with Gasteiger partial charge in [0.25, 0.3) is 0 Å². The third kappa shape index (κ3) is 26.4. The first kappa shape index (κ1) is 71.1. The fourth-order valence-corrected chi connectivity index (χ4v) is 10.1. The molecule has 0 saturated carbocycles. The highest BCUT2D eigenvalue weighted by molar-refractivity contribution is 6.02. The molecule has 25 nitrogen and oxygen atoms in total. The lowest BCUT2D eigenvalue weighted by Gasteiger charge is -2.44. The van der Waals surface area contributed by atoms with Crippen LogP contribution in [0.5, 0.6) is 0 Å². The molecule has 3 unspecified atom stereocenters. The van der Waals surface area contributed by atoms with Gasteiger partial charge in [0.2, 0.25) is 35.4 Å². The van der Waals surface area contributed by atoms with Gasteiger partial charge in [0, 0.05) is 71.6 Å². The highest BCUT2D eigenvalue weighted by atomic mass is 16.6. The SMILES string of the molecule is CC(C)CCCCCCCCC/C=C\C(=O)N[C@@H]1C[C@@H](O)COC1[C@@H]1C[C@@H](O)[C@H](O)[C@@H](COC(=O)N(C)CCN(C)C(=O)OCc2ccc(NC(=O)C(CCCNC(N)=O)NC(=O)C(NC(=O)CCCCCN3C(=O)CCC3=O)C(C)C)cc2)O1. The number of imide groups is 1. The van der Waals surface area contributed by atoms with Crippen molar-refractivity contribution in [2.24, 2.45) is 17.6 Å². The summed E-state index contributed by atoms with van der Waals surface area (Å²) < 4.78 is 23.1. The van der Waals surface area contributed by atoms with Gasteiger partial charge in [-0.15, -0.1) is 0 Å². The smallest absolute Gasteiger partial charge is 0.409 e. The second kappa shape index (κ2) is 37.9. The molecule has 4 rings (SSSR count). The Morgan fingerprint density at radius 3 is 2.06 bits per heavy atom. The van der Waals surface area contributed by atoms with Crippen LogP contribution in [0.25, 0.3) is 0 Å². The zero-order chi connectivity index (χ0) is 62.4. The summed E-state index contributed by atoms with van der Waals surface area (Å²) in [5, 5.41) is 45.8. The van der Waals surface area contributed by atoms with E-state index in [1.54, 1.807) is 38.1 Å². The van der Waals surface area contributed by atoms with Crippen molar-refractivity contribution in [1.82, 2.24) is 36.0 Å². The lowest BCUT2D eigenvalue weighted by Crippen LogP contribution is -2.60. The number of hydrogen-bond acceptors (Lipinski definition) is 16. The number of aliphatic hydroxyl groups excluding tert-OH is 3. The average Bonchev–Trinajstić information content (AvgIpc) is 3.27. The molecule has 25 heteroatoms. The van der Waals surface area contributed by atoms with Crippen LogP contribution in [0.3, 0.4) is 0 Å². The molecule has 0 bridgehead atoms. The van der Waals surface area contributed by atoms with Crippen LogP contribution in [-0.4, -0.2) is 192 Å². The van der Waals surface area contributed by atoms with E-state index in [2.05, 4.69) is 40.4 Å². The van der Waals surface area contributed by atoms with Gasteiger partial charge in [0.05, 0.1) is 31.0 Å². The number of amides is 10. The van der Waals surface area contributed by atoms with E-state index in [9.17, 15) is 58.5 Å². The topological polar surface area (TPSA) is 347 Å². The van der Waals surface area contributed by atoms with Crippen molar-refractivity contribution in [2.75, 3.05) is 58.8 Å². The maximum atomic E-state index is 13.6. The van der Waals surface area contributed by atoms with Crippen LogP contribution in [0.4, 0.5) is 20.1 Å². The lowest BCUT2D eigenvalue weighted by molar-refractivity contribution is -0.223. The van der Waals surface area contributed by atoms with Gasteiger partial charge in [-0.05, 0) is 80.6 Å². The average molecular weight is 1200 g/mol. The molecule has 3 aliphatic rings. The third-order valence-corrected chi connectivity index (χ3v) is 15.3. The van der Waals surface area contributed by atoms with E-state index in [1.165, 1.54) is 73.4 Å². The normalized spacial score (nSPS) is 21.3. The molecule has 10 amide bonds. The summed E-state index contributed by atoms with van der Waals surface area (Å²) in [4.78, 5) is 118. The van der Waals surface area contributed by atoms with E-state index in [0.717, 1.165) is 25.2 Å². The first-order chi connectivity index (χ1) is 40.5. The minimum atomic E-state index is -1.40. The van der Waals surface area contributed by atoms with Gasteiger partial charge in [0.15, 0.2) is 0 Å². The fraction of sp³-hybridized carbons (Fsp3) is 0.717. The van der Waals surface area contributed by atoms with Crippen molar-refractivity contribution in [1.29, 1.82) is 0 Å². The summed E-state index contributed by atoms with van der Waals surface area (Å²) in [6, 6.07) is 2.95. The molecule has 0 spiro atoms. The summed E-state index contributed by atoms with van der Waals surface area (Å²) in [5.41, 5.74) is 6.14. The van der Waals surface area contributed by atoms with Crippen molar-refractivity contribution in [2.45, 2.75) is 211 Å². The quantitative estimate of drug-likeness (QED) is 0.0257. The zero-order valence-electron chi connectivity index (χ0n) is 50.8. The summed E-state index contributed by atoms with van der Waals surface area (Å²) in [6.07, 6.45) is 8.56. The second-order valence-electron chi connectivity index (χ2n) is 23.4. The molecule has 0 aromatic heterocycles. The maximum Gasteiger partial charge on any atom is 0.409 e. The van der Waals surface area contributed by atoms with Crippen molar-refractivity contribution in [3.05, 3.63) is 42.0 Å². The number of likely N-dealkylation sites (tertiary alicyclic amines) is 1. The van der Waals surface area contributed by atoms with E-state index in [1.807, 2.05) is 6.08 Å². The van der Waals surface area contributed by atoms with Crippen LogP contribution in [0, 0.1) is 11.8 Å². The number of nitrogens with zero attached hydrogens (tertiary/aromatic N) is 3. The number of hydrogen-bond donors (Lipinski definition) is 9. The number of benzene rings is 1. The van der Waals surface area contributed by atoms with E-state index in [4.69, 9.17) is 24.7 Å². The molecule has 478 valence electrons. The van der Waals surface area contributed by atoms with Crippen LogP contribution in [0.15, 0.2) is 36.4 Å². The number of nitrogens with two attached hydrogens (primary N) is 1. The van der Waals surface area contributed by atoms with Gasteiger partial charge in [-0.1, -0.05) is 97.3 Å². The third-order valence-electron chi connectivity index (χ3n) is 15.3. The van der Waals surface area contributed by atoms with E-state index < -0.39 is 91.4 Å². The number of urea groups is 1. The van der Waals surface area contributed by atoms with E-state index >= 15 is 0 Å². The number of aliphatic hydroxyl groups is 3. The number of unbranched alkanes of at least 4 members (excludes halogenated alkanes) is 9. The first-order valence-electron chi connectivity index (χ1n) is 30.4. The number of anilines is 1. The van der Waals surface area contributed by atoms with Crippen molar-refractivity contribution in [3.63, 3.8) is 0 Å². The molecule has 0 radical (unpaired) electrons. The number of carbonyl (C=O) groups excluding carboxylic acids is 9. The minimum Gasteiger partial charge on any atom is -0.447 e. The highest BCUT2D eigenvalue weighted by Gasteiger charge is 2.45. The van der Waals surface area contributed by atoms with Crippen molar-refractivity contribution < 1.29 is 77.4 Å². The van der Waals surface area contributed by atoms with E-state index in [-0.39, 0.29) is 107 Å². The zero-order valence-corrected chi connectivity index (χ0v) is 50.8. The predicted octanol–water partition coefficient (Wildman–Crippen LogP) is 4.28. The number of ether oxygens (including phenoxy) is 4. The fourth-order valence-electron chi connectivity index (χ4n) is 10.1. The molecule has 85 heavy (non-hydrogen) atoms. The number of allylic oxidation sites excluding steroid dienone is 1. The Morgan fingerprint density at radius 2 is 1.41 bits per heavy atom. The molecule has 3 aliphatic heterocycles. The van der Waals surface area contributed by atoms with Crippen molar-refractivity contribution in [3.8, 4) is 0 Å². The van der Waals surface area contributed by atoms with Crippen LogP contribution in [0.1, 0.15) is 155 Å². The molecular weight excluding hydrogens is 1100 g/mol. The largest absolute Gasteiger partial charge is 0.447 e. The molecule has 10 N–H and O–H groups in total. The Bertz CT molecular complexity index is 2310. The lowest BCUT2D eigenvalue weighted by atomic mass is 9.89. The van der Waals surface area contributed by atoms with Crippen LogP contribution in [0.2, 0.25) is 0 Å². The van der Waals surface area contributed by atoms with E-state index in [0.29, 0.717) is 37.1 Å². The Kier molecular flexibility index (Phi) is 31.7. The molecule has 3 heterocycles. The van der Waals surface area contributed by atoms with Crippen LogP contribution in [-0.2, 0) is 54.3 Å². The summed E-state index contributed by atoms with van der Waals surface area (Å²) in [5.74, 6) is -1.86. The van der Waals surface area contributed by atoms with Crippen molar-refractivity contribution >= 4 is 59.3 Å². The molecule has 1 aromatic rings. The number of nitrogens with one attached hydrogen (secondary N) is 5. The number of primary amides is 1. The summed E-state index contributed by atoms with van der Waals surface area (Å²) >= 11 is 0. The predicted molar refractivity (Wildman–Crippen MR) is 315 cm³/mol. The molecule has 1 aromatic carbocycles. The minimum absolute atomic E-state index is 0.0216. The first-order valence-corrected chi connectivity index (χ1v) is 30.4. The Labute approximate surface area is 500 Å². The van der Waals surface area contributed by atoms with Gasteiger partial charge >= 0.3 is 18.2 Å². The van der Waals surface area contributed by atoms with Crippen LogP contribution < -0.4 is 32.3 Å². The summed E-state index contributed by atoms with van der Waals surface area (Å²) in [7, 11) is 2.94. The molecule has 3 saturated heterocycles. The molecule has 0 aliphatic carbocycles. The Hall–Kier alpha value is -6.41. The van der Waals surface area contributed by atoms with Gasteiger partial charge in [-0.3, -0.25) is 33.7 Å². The number of rotatable bonds is 36. The highest BCUT2D eigenvalue weighted by Crippen LogP contribution is 2.29. The second-order valence-corrected chi connectivity index (χ2v) is 23.4. The monoisotopic (exact) mass is 1200 g/mol. The van der Waals surface area contributed by atoms with Gasteiger partial charge in [-0.25, -0.2) is 14.4 Å². The molecule has 9 atom stereocenters. The van der Waals surface area contributed by atoms with Gasteiger partial charge in [0.1, 0.15) is 43.6 Å². The Morgan fingerprint density at radius 1 is 0.776 bits per heavy atom. The molecular formula is C60H97N9O16. The van der Waals surface area contributed by atoms with Gasteiger partial charge in [-0.2, -0.15) is 0 Å². The number of carbonyl (C=O) groups is 9. The van der Waals surface area contributed by atoms with Crippen LogP contribution >= 0.6 is 0 Å². The standard InChI is InChI=1S/C60H97N9O16/c1-39(2)20-15-12-10-8-7-9-11-13-16-22-49(72)64-45-34-43(70)37-82-55(45)47-35-46(71)54(76)48(85-47)38-84-60(81)68(6)33-32-67(5)59(80)83-36-41-24-26-42(27-25-41)63-56(77)44(21-19-30-62-58(61)79)65-57(78)53(40(3)4)66-50(73)23-17-14-18-31-69-51(74)28-29-52(69)75/h16,22,24-27,39-40,43-48,53-55,70-71,76H,7-15,17-21,23,28-38H2,1-6H3,(H,63,77)(H,64,72)(H,65,78)(H,66,73)(H3,61,62,79)/b22-16-/t43-,44?,45-,46-,47+,48-,53?,54+,55?/m1/s1.